The normalized spacial score (nSPS) is 9.42. The molecule has 0 aromatic heterocycles. The second-order valence-corrected chi connectivity index (χ2v) is 6.04. The van der Waals surface area contributed by atoms with E-state index < -0.39 is 0 Å². The van der Waals surface area contributed by atoms with E-state index in [1.165, 1.54) is 11.9 Å². The maximum absolute atomic E-state index is 14.7. The lowest BCUT2D eigenvalue weighted by molar-refractivity contribution is 0.305. The van der Waals surface area contributed by atoms with Crippen LogP contribution in [0.4, 0.5) is 10.1 Å². The van der Waals surface area contributed by atoms with Crippen molar-refractivity contribution in [1.29, 1.82) is 0 Å². The van der Waals surface area contributed by atoms with Crippen LogP contribution in [-0.2, 0) is 13.0 Å². The Morgan fingerprint density at radius 2 is 1.65 bits per heavy atom. The summed E-state index contributed by atoms with van der Waals surface area (Å²) in [6, 6.07) is 11.9. The summed E-state index contributed by atoms with van der Waals surface area (Å²) in [4.78, 5) is 0. The van der Waals surface area contributed by atoms with E-state index in [4.69, 9.17) is 4.74 Å². The van der Waals surface area contributed by atoms with Gasteiger partial charge in [-0.15, -0.1) is 0 Å². The summed E-state index contributed by atoms with van der Waals surface area (Å²) in [5, 5.41) is 0. The first-order chi connectivity index (χ1) is 12.6. The van der Waals surface area contributed by atoms with Gasteiger partial charge in [0.2, 0.25) is 0 Å². The van der Waals surface area contributed by atoms with E-state index in [0.29, 0.717) is 23.6 Å². The Hall–Kier alpha value is -1.68. The van der Waals surface area contributed by atoms with E-state index in [9.17, 15) is 4.39 Å². The third kappa shape index (κ3) is 6.56. The maximum atomic E-state index is 14.7. The minimum absolute atomic E-state index is 0.195. The number of aryl methyl sites for hydroxylation is 1. The molecule has 26 heavy (non-hydrogen) atoms. The van der Waals surface area contributed by atoms with Crippen molar-refractivity contribution in [3.05, 3.63) is 58.9 Å². The molecule has 0 radical (unpaired) electrons. The molecule has 0 aliphatic rings. The Labute approximate surface area is 163 Å². The second kappa shape index (κ2) is 13.5. The number of rotatable bonds is 6. The number of benzene rings is 2. The average molecular weight is 380 g/mol. The molecule has 0 aliphatic carbocycles. The van der Waals surface area contributed by atoms with E-state index >= 15 is 0 Å². The monoisotopic (exact) mass is 379 g/mol. The van der Waals surface area contributed by atoms with Crippen LogP contribution in [-0.4, -0.2) is 13.3 Å². The third-order valence-corrected chi connectivity index (χ3v) is 4.49. The van der Waals surface area contributed by atoms with Crippen LogP contribution in [0.1, 0.15) is 51.3 Å². The van der Waals surface area contributed by atoms with Gasteiger partial charge in [-0.3, -0.25) is 0 Å². The van der Waals surface area contributed by atoms with Crippen molar-refractivity contribution >= 4 is 17.6 Å². The highest BCUT2D eigenvalue weighted by Crippen LogP contribution is 2.37. The van der Waals surface area contributed by atoms with Gasteiger partial charge in [-0.05, 0) is 36.1 Å². The van der Waals surface area contributed by atoms with Gasteiger partial charge in [-0.2, -0.15) is 0 Å². The fourth-order valence-electron chi connectivity index (χ4n) is 2.36. The molecule has 0 aliphatic heterocycles. The van der Waals surface area contributed by atoms with Crippen LogP contribution in [0, 0.1) is 12.7 Å². The zero-order valence-electron chi connectivity index (χ0n) is 17.5. The summed E-state index contributed by atoms with van der Waals surface area (Å²) in [5.74, 6) is 0.403. The van der Waals surface area contributed by atoms with Crippen molar-refractivity contribution in [2.45, 2.75) is 54.6 Å². The first kappa shape index (κ1) is 24.3. The quantitative estimate of drug-likeness (QED) is 0.499. The van der Waals surface area contributed by atoms with Crippen molar-refractivity contribution in [3.63, 3.8) is 0 Å². The summed E-state index contributed by atoms with van der Waals surface area (Å²) in [7, 11) is 1.85. The summed E-state index contributed by atoms with van der Waals surface area (Å²) in [6.45, 7) is 12.3. The summed E-state index contributed by atoms with van der Waals surface area (Å²) in [6.07, 6.45) is 2.71. The third-order valence-electron chi connectivity index (χ3n) is 3.76. The minimum atomic E-state index is -0.195. The zero-order valence-corrected chi connectivity index (χ0v) is 18.3. The van der Waals surface area contributed by atoms with E-state index in [1.54, 1.807) is 0 Å². The number of anilines is 1. The van der Waals surface area contributed by atoms with Crippen molar-refractivity contribution in [1.82, 2.24) is 0 Å². The van der Waals surface area contributed by atoms with Crippen molar-refractivity contribution in [3.8, 4) is 5.75 Å². The van der Waals surface area contributed by atoms with Gasteiger partial charge in [-0.1, -0.05) is 76.9 Å². The van der Waals surface area contributed by atoms with Crippen LogP contribution in [0.25, 0.3) is 0 Å². The summed E-state index contributed by atoms with van der Waals surface area (Å²) >= 11 is 1.46. The molecule has 4 heteroatoms. The van der Waals surface area contributed by atoms with Gasteiger partial charge in [0.15, 0.2) is 5.82 Å². The molecule has 0 heterocycles. The van der Waals surface area contributed by atoms with E-state index in [2.05, 4.69) is 0 Å². The highest BCUT2D eigenvalue weighted by Gasteiger charge is 2.19. The molecule has 0 N–H and O–H groups in total. The molecule has 0 atom stereocenters. The van der Waals surface area contributed by atoms with Gasteiger partial charge in [0, 0.05) is 13.3 Å². The first-order valence-corrected chi connectivity index (χ1v) is 10.5. The van der Waals surface area contributed by atoms with Crippen LogP contribution in [0.15, 0.2) is 36.4 Å². The molecule has 0 bridgehead atoms. The molecular weight excluding hydrogens is 345 g/mol. The topological polar surface area (TPSA) is 12.5 Å². The van der Waals surface area contributed by atoms with Crippen molar-refractivity contribution in [2.75, 3.05) is 17.6 Å². The van der Waals surface area contributed by atoms with E-state index in [0.717, 1.165) is 17.5 Å². The summed E-state index contributed by atoms with van der Waals surface area (Å²) < 4.78 is 22.5. The van der Waals surface area contributed by atoms with Crippen LogP contribution in [0.2, 0.25) is 0 Å². The molecule has 0 saturated heterocycles. The molecule has 146 valence electrons. The number of halogens is 1. The molecule has 2 rings (SSSR count). The van der Waals surface area contributed by atoms with E-state index in [1.807, 2.05) is 95.5 Å². The van der Waals surface area contributed by atoms with Crippen molar-refractivity contribution in [2.24, 2.45) is 0 Å². The van der Waals surface area contributed by atoms with Crippen LogP contribution >= 0.6 is 11.9 Å². The first-order valence-electron chi connectivity index (χ1n) is 9.35. The van der Waals surface area contributed by atoms with Crippen LogP contribution in [0.3, 0.4) is 0 Å². The van der Waals surface area contributed by atoms with Gasteiger partial charge in [-0.25, -0.2) is 4.39 Å². The number of nitrogens with zero attached hydrogens (tertiary/aromatic N) is 1. The van der Waals surface area contributed by atoms with Gasteiger partial charge >= 0.3 is 0 Å². The van der Waals surface area contributed by atoms with E-state index in [-0.39, 0.29) is 5.82 Å². The van der Waals surface area contributed by atoms with Crippen LogP contribution in [0.5, 0.6) is 5.75 Å². The molecule has 0 unspecified atom stereocenters. The van der Waals surface area contributed by atoms with Crippen LogP contribution < -0.4 is 9.04 Å². The van der Waals surface area contributed by atoms with Gasteiger partial charge in [0.25, 0.3) is 0 Å². The Kier molecular flexibility index (Phi) is 12.6. The molecule has 0 spiro atoms. The molecule has 2 nitrogen and oxygen atoms in total. The predicted molar refractivity (Wildman–Crippen MR) is 116 cm³/mol. The molecule has 2 aromatic rings. The lowest BCUT2D eigenvalue weighted by Gasteiger charge is -2.23. The largest absolute Gasteiger partial charge is 0.487 e. The molecule has 0 saturated carbocycles. The molecular formula is C22H34FNOS. The van der Waals surface area contributed by atoms with Crippen molar-refractivity contribution < 1.29 is 9.13 Å². The second-order valence-electron chi connectivity index (χ2n) is 5.13. The molecule has 0 fully saturated rings. The number of hydrogen-bond donors (Lipinski definition) is 0. The lowest BCUT2D eigenvalue weighted by atomic mass is 10.0. The Balaban J connectivity index is 0.00000146. The Bertz CT molecular complexity index is 632. The number of ether oxygens (including phenoxy) is 1. The average Bonchev–Trinajstić information content (AvgIpc) is 2.72. The smallest absolute Gasteiger partial charge is 0.154 e. The Morgan fingerprint density at radius 3 is 2.15 bits per heavy atom. The maximum Gasteiger partial charge on any atom is 0.154 e. The Morgan fingerprint density at radius 1 is 1.08 bits per heavy atom. The highest BCUT2D eigenvalue weighted by atomic mass is 32.2. The molecule has 2 aromatic carbocycles. The fraction of sp³-hybridized carbons (Fsp3) is 0.455. The highest BCUT2D eigenvalue weighted by molar-refractivity contribution is 7.99. The molecule has 0 amide bonds. The lowest BCUT2D eigenvalue weighted by Crippen LogP contribution is -2.12. The van der Waals surface area contributed by atoms with Gasteiger partial charge in [0.05, 0.1) is 0 Å². The van der Waals surface area contributed by atoms with Gasteiger partial charge < -0.3 is 9.04 Å². The standard InChI is InChI=1S/C18H22FNOS.2C2H6/c1-5-15-11-16(21-12-14-9-7-6-8-10-14)18(20(3)22-4)17(19)13(15)2;2*1-2/h6-11H,5,12H2,1-4H3;2*1-2H3. The summed E-state index contributed by atoms with van der Waals surface area (Å²) in [5.41, 5.74) is 3.27. The fourth-order valence-corrected chi connectivity index (χ4v) is 2.71. The number of hydrogen-bond acceptors (Lipinski definition) is 3. The van der Waals surface area contributed by atoms with Gasteiger partial charge in [0.1, 0.15) is 18.0 Å². The predicted octanol–water partition coefficient (Wildman–Crippen LogP) is 7.04. The zero-order chi connectivity index (χ0) is 20.1. The SMILES string of the molecule is CC.CC.CCc1cc(OCc2ccccc2)c(N(C)SC)c(F)c1C. The minimum Gasteiger partial charge on any atom is -0.487 e.